The highest BCUT2D eigenvalue weighted by molar-refractivity contribution is 7.99. The number of phenolic OH excluding ortho intramolecular Hbond substituents is 1. The first-order valence-electron chi connectivity index (χ1n) is 10.1. The fourth-order valence-corrected chi connectivity index (χ4v) is 5.22. The fourth-order valence-electron chi connectivity index (χ4n) is 3.25. The van der Waals surface area contributed by atoms with E-state index in [1.165, 1.54) is 38.3 Å². The van der Waals surface area contributed by atoms with E-state index in [0.717, 1.165) is 5.56 Å². The number of carbonyl (C=O) groups is 1. The first-order chi connectivity index (χ1) is 15.9. The molecule has 10 nitrogen and oxygen atoms in total. The van der Waals surface area contributed by atoms with Crippen LogP contribution in [0.2, 0.25) is 0 Å². The van der Waals surface area contributed by atoms with E-state index in [9.17, 15) is 18.3 Å². The molecule has 0 bridgehead atoms. The Balaban J connectivity index is 1.30. The lowest BCUT2D eigenvalue weighted by Gasteiger charge is -2.33. The predicted octanol–water partition coefficient (Wildman–Crippen LogP) is 1.60. The van der Waals surface area contributed by atoms with Crippen LogP contribution in [0.5, 0.6) is 5.75 Å². The van der Waals surface area contributed by atoms with Crippen LogP contribution in [0.25, 0.3) is 11.8 Å². The average Bonchev–Trinajstić information content (AvgIpc) is 3.31. The van der Waals surface area contributed by atoms with Gasteiger partial charge in [0.05, 0.1) is 11.4 Å². The molecule has 1 N–H and O–H groups in total. The third-order valence-corrected chi connectivity index (χ3v) is 7.51. The van der Waals surface area contributed by atoms with E-state index in [-0.39, 0.29) is 30.5 Å². The van der Waals surface area contributed by atoms with Gasteiger partial charge in [0.1, 0.15) is 5.75 Å². The van der Waals surface area contributed by atoms with E-state index in [1.54, 1.807) is 23.1 Å². The van der Waals surface area contributed by atoms with E-state index in [1.807, 2.05) is 30.3 Å². The van der Waals surface area contributed by atoms with Crippen molar-refractivity contribution >= 4 is 33.8 Å². The average molecular weight is 487 g/mol. The van der Waals surface area contributed by atoms with Crippen molar-refractivity contribution in [1.29, 1.82) is 0 Å². The Labute approximate surface area is 195 Å². The largest absolute Gasteiger partial charge is 0.508 e. The number of carbonyl (C=O) groups excluding carboxylic acids is 1. The van der Waals surface area contributed by atoms with Gasteiger partial charge in [0.2, 0.25) is 21.1 Å². The van der Waals surface area contributed by atoms with Crippen LogP contribution in [-0.2, 0) is 14.8 Å². The van der Waals surface area contributed by atoms with Gasteiger partial charge >= 0.3 is 0 Å². The number of hydrogen-bond acceptors (Lipinski definition) is 8. The Morgan fingerprint density at radius 2 is 1.73 bits per heavy atom. The van der Waals surface area contributed by atoms with Crippen molar-refractivity contribution in [2.45, 2.75) is 5.16 Å². The quantitative estimate of drug-likeness (QED) is 0.500. The number of amides is 1. The van der Waals surface area contributed by atoms with Crippen LogP contribution in [0.3, 0.4) is 0 Å². The minimum absolute atomic E-state index is 0.114. The van der Waals surface area contributed by atoms with E-state index < -0.39 is 10.0 Å². The summed E-state index contributed by atoms with van der Waals surface area (Å²) in [5.41, 5.74) is 1.47. The van der Waals surface area contributed by atoms with Gasteiger partial charge in [-0.2, -0.15) is 8.99 Å². The van der Waals surface area contributed by atoms with Crippen molar-refractivity contribution in [2.24, 2.45) is 0 Å². The molecule has 3 aromatic rings. The molecule has 4 rings (SSSR count). The molecular weight excluding hydrogens is 464 g/mol. The van der Waals surface area contributed by atoms with Crippen LogP contribution in [0.15, 0.2) is 65.2 Å². The summed E-state index contributed by atoms with van der Waals surface area (Å²) in [7, 11) is -3.56. The Bertz CT molecular complexity index is 1220. The second kappa shape index (κ2) is 10.1. The lowest BCUT2D eigenvalue weighted by atomic mass is 10.2. The van der Waals surface area contributed by atoms with Crippen molar-refractivity contribution in [3.63, 3.8) is 0 Å². The van der Waals surface area contributed by atoms with Crippen molar-refractivity contribution in [2.75, 3.05) is 31.9 Å². The van der Waals surface area contributed by atoms with Gasteiger partial charge < -0.3 is 10.0 Å². The normalized spacial score (nSPS) is 15.2. The molecule has 1 aliphatic heterocycles. The third kappa shape index (κ3) is 5.78. The highest BCUT2D eigenvalue weighted by Crippen LogP contribution is 2.21. The molecule has 12 heteroatoms. The van der Waals surface area contributed by atoms with Gasteiger partial charge in [0.15, 0.2) is 0 Å². The summed E-state index contributed by atoms with van der Waals surface area (Å²) >= 11 is 1.20. The van der Waals surface area contributed by atoms with Crippen molar-refractivity contribution in [3.05, 3.63) is 65.6 Å². The molecule has 172 valence electrons. The minimum Gasteiger partial charge on any atom is -0.508 e. The smallest absolute Gasteiger partial charge is 0.236 e. The third-order valence-electron chi connectivity index (χ3n) is 5.04. The number of nitrogens with zero attached hydrogens (tertiary/aromatic N) is 6. The van der Waals surface area contributed by atoms with Gasteiger partial charge in [-0.15, -0.1) is 5.10 Å². The zero-order chi connectivity index (χ0) is 23.3. The molecular formula is C21H22N6O4S2. The molecule has 33 heavy (non-hydrogen) atoms. The highest BCUT2D eigenvalue weighted by atomic mass is 32.2. The molecule has 1 aromatic heterocycles. The summed E-state index contributed by atoms with van der Waals surface area (Å²) in [4.78, 5) is 14.3. The Morgan fingerprint density at radius 3 is 2.42 bits per heavy atom. The van der Waals surface area contributed by atoms with Gasteiger partial charge in [-0.25, -0.2) is 8.42 Å². The van der Waals surface area contributed by atoms with Crippen molar-refractivity contribution < 1.29 is 18.3 Å². The van der Waals surface area contributed by atoms with Crippen LogP contribution in [0.4, 0.5) is 0 Å². The van der Waals surface area contributed by atoms with Gasteiger partial charge in [0, 0.05) is 31.6 Å². The molecule has 2 aromatic carbocycles. The molecule has 1 aliphatic rings. The van der Waals surface area contributed by atoms with Gasteiger partial charge in [-0.05, 0) is 46.3 Å². The number of aromatic nitrogens is 4. The number of benzene rings is 2. The molecule has 2 heterocycles. The highest BCUT2D eigenvalue weighted by Gasteiger charge is 2.27. The molecule has 0 radical (unpaired) electrons. The summed E-state index contributed by atoms with van der Waals surface area (Å²) in [6.45, 7) is 1.12. The number of rotatable bonds is 7. The first-order valence-corrected chi connectivity index (χ1v) is 12.6. The monoisotopic (exact) mass is 486 g/mol. The lowest BCUT2D eigenvalue weighted by Crippen LogP contribution is -2.50. The zero-order valence-corrected chi connectivity index (χ0v) is 19.2. The maximum Gasteiger partial charge on any atom is 0.236 e. The van der Waals surface area contributed by atoms with Crippen molar-refractivity contribution in [1.82, 2.24) is 29.4 Å². The van der Waals surface area contributed by atoms with E-state index >= 15 is 0 Å². The van der Waals surface area contributed by atoms with Crippen LogP contribution < -0.4 is 0 Å². The van der Waals surface area contributed by atoms with Crippen LogP contribution in [0.1, 0.15) is 5.56 Å². The van der Waals surface area contributed by atoms with E-state index in [0.29, 0.717) is 23.9 Å². The summed E-state index contributed by atoms with van der Waals surface area (Å²) in [5, 5.41) is 22.6. The molecule has 0 unspecified atom stereocenters. The summed E-state index contributed by atoms with van der Waals surface area (Å²) in [6.07, 6.45) is 1.57. The zero-order valence-electron chi connectivity index (χ0n) is 17.6. The standard InChI is InChI=1S/C21H22N6O4S2/c28-19-8-6-18(7-9-19)27-21(22-23-24-27)32-16-20(29)25-11-13-26(14-12-25)33(30,31)15-10-17-4-2-1-3-5-17/h1-10,15,28H,11-14,16H2/b15-10+. The number of thioether (sulfide) groups is 1. The predicted molar refractivity (Wildman–Crippen MR) is 124 cm³/mol. The summed E-state index contributed by atoms with van der Waals surface area (Å²) in [6, 6.07) is 15.6. The van der Waals surface area contributed by atoms with Crippen LogP contribution in [0, 0.1) is 0 Å². The molecule has 0 spiro atoms. The summed E-state index contributed by atoms with van der Waals surface area (Å²) in [5.74, 6) is 0.143. The van der Waals surface area contributed by atoms with E-state index in [2.05, 4.69) is 15.5 Å². The summed E-state index contributed by atoms with van der Waals surface area (Å²) < 4.78 is 28.1. The Hall–Kier alpha value is -3.22. The molecule has 0 saturated carbocycles. The van der Waals surface area contributed by atoms with E-state index in [4.69, 9.17) is 0 Å². The van der Waals surface area contributed by atoms with Gasteiger partial charge in [-0.1, -0.05) is 42.1 Å². The van der Waals surface area contributed by atoms with Crippen LogP contribution >= 0.6 is 11.8 Å². The topological polar surface area (TPSA) is 122 Å². The minimum atomic E-state index is -3.56. The number of piperazine rings is 1. The second-order valence-corrected chi connectivity index (χ2v) is 9.98. The molecule has 0 aliphatic carbocycles. The fraction of sp³-hybridized carbons (Fsp3) is 0.238. The molecule has 0 atom stereocenters. The number of hydrogen-bond donors (Lipinski definition) is 1. The first kappa shape index (κ1) is 23.0. The van der Waals surface area contributed by atoms with Crippen LogP contribution in [-0.4, -0.2) is 80.8 Å². The Kier molecular flexibility index (Phi) is 7.06. The Morgan fingerprint density at radius 1 is 1.03 bits per heavy atom. The molecule has 1 amide bonds. The second-order valence-electron chi connectivity index (χ2n) is 7.22. The van der Waals surface area contributed by atoms with Crippen molar-refractivity contribution in [3.8, 4) is 11.4 Å². The molecule has 1 fully saturated rings. The SMILES string of the molecule is O=C(CSc1nnnn1-c1ccc(O)cc1)N1CCN(S(=O)(=O)/C=C/c2ccccc2)CC1. The lowest BCUT2D eigenvalue weighted by molar-refractivity contribution is -0.129. The van der Waals surface area contributed by atoms with Gasteiger partial charge in [-0.3, -0.25) is 4.79 Å². The maximum absolute atomic E-state index is 12.7. The number of sulfonamides is 1. The number of tetrazole rings is 1. The van der Waals surface area contributed by atoms with Gasteiger partial charge in [0.25, 0.3) is 0 Å². The molecule has 1 saturated heterocycles. The number of phenols is 1. The number of aromatic hydroxyl groups is 1. The maximum atomic E-state index is 12.7.